The van der Waals surface area contributed by atoms with Crippen LogP contribution in [0.4, 0.5) is 0 Å². The van der Waals surface area contributed by atoms with E-state index in [1.54, 1.807) is 7.11 Å². The summed E-state index contributed by atoms with van der Waals surface area (Å²) < 4.78 is 5.20. The molecule has 21 heavy (non-hydrogen) atoms. The minimum Gasteiger partial charge on any atom is -0.497 e. The fraction of sp³-hybridized carbons (Fsp3) is 0.588. The van der Waals surface area contributed by atoms with Gasteiger partial charge in [0.15, 0.2) is 0 Å². The molecule has 1 aromatic carbocycles. The summed E-state index contributed by atoms with van der Waals surface area (Å²) in [5, 5.41) is 2.99. The number of carbonyl (C=O) groups is 1. The highest BCUT2D eigenvalue weighted by Gasteiger charge is 2.37. The molecule has 0 aromatic heterocycles. The lowest BCUT2D eigenvalue weighted by atomic mass is 9.76. The van der Waals surface area contributed by atoms with Crippen molar-refractivity contribution in [2.45, 2.75) is 44.6 Å². The Balaban J connectivity index is 1.83. The van der Waals surface area contributed by atoms with Crippen LogP contribution in [-0.2, 0) is 11.2 Å². The molecule has 0 aliphatic heterocycles. The Morgan fingerprint density at radius 2 is 2.33 bits per heavy atom. The van der Waals surface area contributed by atoms with Crippen LogP contribution in [0.5, 0.6) is 5.75 Å². The van der Waals surface area contributed by atoms with E-state index in [4.69, 9.17) is 10.5 Å². The molecule has 4 heteroatoms. The van der Waals surface area contributed by atoms with Gasteiger partial charge < -0.3 is 15.8 Å². The third kappa shape index (κ3) is 4.21. The molecule has 0 spiro atoms. The Kier molecular flexibility index (Phi) is 5.23. The maximum Gasteiger partial charge on any atom is 0.240 e. The number of carbonyl (C=O) groups excluding carboxylic acids is 1. The number of nitrogens with one attached hydrogen (secondary N) is 1. The molecule has 2 atom stereocenters. The molecule has 0 radical (unpaired) electrons. The lowest BCUT2D eigenvalue weighted by Gasteiger charge is -2.35. The largest absolute Gasteiger partial charge is 0.497 e. The molecule has 0 saturated heterocycles. The number of nitrogens with two attached hydrogens (primary N) is 1. The number of hydrogen-bond donors (Lipinski definition) is 2. The zero-order valence-corrected chi connectivity index (χ0v) is 13.0. The van der Waals surface area contributed by atoms with Crippen LogP contribution in [0.2, 0.25) is 0 Å². The van der Waals surface area contributed by atoms with Gasteiger partial charge in [-0.1, -0.05) is 31.9 Å². The molecule has 1 saturated carbocycles. The third-order valence-electron chi connectivity index (χ3n) is 4.32. The summed E-state index contributed by atoms with van der Waals surface area (Å²) in [7, 11) is 1.66. The number of rotatable bonds is 5. The van der Waals surface area contributed by atoms with Crippen LogP contribution in [0.15, 0.2) is 24.3 Å². The van der Waals surface area contributed by atoms with Gasteiger partial charge in [0.05, 0.1) is 12.6 Å². The molecule has 4 nitrogen and oxygen atoms in total. The van der Waals surface area contributed by atoms with Gasteiger partial charge in [-0.05, 0) is 42.9 Å². The lowest BCUT2D eigenvalue weighted by Crippen LogP contribution is -2.56. The molecule has 1 aliphatic carbocycles. The van der Waals surface area contributed by atoms with Crippen LogP contribution in [-0.4, -0.2) is 25.1 Å². The van der Waals surface area contributed by atoms with Gasteiger partial charge in [0.25, 0.3) is 0 Å². The highest BCUT2D eigenvalue weighted by molar-refractivity contribution is 5.86. The summed E-state index contributed by atoms with van der Waals surface area (Å²) >= 11 is 0. The van der Waals surface area contributed by atoms with Crippen molar-refractivity contribution < 1.29 is 9.53 Å². The van der Waals surface area contributed by atoms with Crippen molar-refractivity contribution in [2.75, 3.05) is 13.7 Å². The fourth-order valence-corrected chi connectivity index (χ4v) is 3.12. The molecular weight excluding hydrogens is 264 g/mol. The first-order chi connectivity index (χ1) is 10.0. The molecule has 116 valence electrons. The summed E-state index contributed by atoms with van der Waals surface area (Å²) in [5.41, 5.74) is 6.76. The molecular formula is C17H26N2O2. The van der Waals surface area contributed by atoms with E-state index in [0.717, 1.165) is 37.0 Å². The quantitative estimate of drug-likeness (QED) is 0.874. The Hall–Kier alpha value is -1.55. The molecule has 1 aliphatic rings. The van der Waals surface area contributed by atoms with E-state index in [-0.39, 0.29) is 5.91 Å². The van der Waals surface area contributed by atoms with Gasteiger partial charge in [-0.3, -0.25) is 4.79 Å². The van der Waals surface area contributed by atoms with Crippen LogP contribution >= 0.6 is 0 Å². The summed E-state index contributed by atoms with van der Waals surface area (Å²) in [4.78, 5) is 12.3. The Labute approximate surface area is 127 Å². The summed E-state index contributed by atoms with van der Waals surface area (Å²) in [6, 6.07) is 7.91. The zero-order chi connectivity index (χ0) is 15.3. The molecule has 0 heterocycles. The first kappa shape index (κ1) is 15.8. The lowest BCUT2D eigenvalue weighted by molar-refractivity contribution is -0.128. The first-order valence-electron chi connectivity index (χ1n) is 7.73. The number of ether oxygens (including phenoxy) is 1. The van der Waals surface area contributed by atoms with E-state index < -0.39 is 5.54 Å². The number of hydrogen-bond acceptors (Lipinski definition) is 3. The topological polar surface area (TPSA) is 64.3 Å². The molecule has 1 aromatic rings. The van der Waals surface area contributed by atoms with Crippen LogP contribution in [0.3, 0.4) is 0 Å². The van der Waals surface area contributed by atoms with Crippen molar-refractivity contribution in [3.05, 3.63) is 29.8 Å². The number of amides is 1. The maximum absolute atomic E-state index is 12.3. The minimum atomic E-state index is -0.675. The maximum atomic E-state index is 12.3. The first-order valence-corrected chi connectivity index (χ1v) is 7.73. The van der Waals surface area contributed by atoms with E-state index in [1.807, 2.05) is 24.3 Å². The van der Waals surface area contributed by atoms with Gasteiger partial charge >= 0.3 is 0 Å². The van der Waals surface area contributed by atoms with Gasteiger partial charge in [-0.25, -0.2) is 0 Å². The van der Waals surface area contributed by atoms with Crippen molar-refractivity contribution in [1.29, 1.82) is 0 Å². The van der Waals surface area contributed by atoms with Crippen molar-refractivity contribution in [3.8, 4) is 5.75 Å². The fourth-order valence-electron chi connectivity index (χ4n) is 3.12. The highest BCUT2D eigenvalue weighted by Crippen LogP contribution is 2.30. The van der Waals surface area contributed by atoms with Crippen LogP contribution < -0.4 is 15.8 Å². The van der Waals surface area contributed by atoms with Crippen LogP contribution in [0.1, 0.15) is 38.2 Å². The molecule has 1 amide bonds. The predicted molar refractivity (Wildman–Crippen MR) is 84.3 cm³/mol. The van der Waals surface area contributed by atoms with E-state index in [9.17, 15) is 4.79 Å². The van der Waals surface area contributed by atoms with Gasteiger partial charge in [0.2, 0.25) is 5.91 Å². The van der Waals surface area contributed by atoms with Gasteiger partial charge in [0.1, 0.15) is 5.75 Å². The highest BCUT2D eigenvalue weighted by atomic mass is 16.5. The SMILES string of the molecule is COc1cccc(CCNC(=O)C2(N)CCCC(C)C2)c1. The Morgan fingerprint density at radius 3 is 3.05 bits per heavy atom. The summed E-state index contributed by atoms with van der Waals surface area (Å²) in [5.74, 6) is 1.38. The Bertz CT molecular complexity index is 489. The molecule has 1 fully saturated rings. The average molecular weight is 290 g/mol. The van der Waals surface area contributed by atoms with E-state index in [2.05, 4.69) is 12.2 Å². The van der Waals surface area contributed by atoms with Crippen molar-refractivity contribution in [2.24, 2.45) is 11.7 Å². The van der Waals surface area contributed by atoms with E-state index >= 15 is 0 Å². The monoisotopic (exact) mass is 290 g/mol. The summed E-state index contributed by atoms with van der Waals surface area (Å²) in [6.45, 7) is 2.78. The van der Waals surface area contributed by atoms with Gasteiger partial charge in [0, 0.05) is 6.54 Å². The Morgan fingerprint density at radius 1 is 1.52 bits per heavy atom. The second-order valence-electron chi connectivity index (χ2n) is 6.22. The van der Waals surface area contributed by atoms with Crippen molar-refractivity contribution in [1.82, 2.24) is 5.32 Å². The standard InChI is InChI=1S/C17H26N2O2/c1-13-5-4-9-17(18,12-13)16(20)19-10-8-14-6-3-7-15(11-14)21-2/h3,6-7,11,13H,4-5,8-10,12,18H2,1-2H3,(H,19,20). The molecule has 2 unspecified atom stereocenters. The predicted octanol–water partition coefficient (Wildman–Crippen LogP) is 2.26. The van der Waals surface area contributed by atoms with Gasteiger partial charge in [-0.2, -0.15) is 0 Å². The second kappa shape index (κ2) is 6.94. The van der Waals surface area contributed by atoms with Crippen LogP contribution in [0, 0.1) is 5.92 Å². The number of methoxy groups -OCH3 is 1. The number of benzene rings is 1. The second-order valence-corrected chi connectivity index (χ2v) is 6.22. The van der Waals surface area contributed by atoms with Gasteiger partial charge in [-0.15, -0.1) is 0 Å². The van der Waals surface area contributed by atoms with Crippen molar-refractivity contribution >= 4 is 5.91 Å². The average Bonchev–Trinajstić information content (AvgIpc) is 2.47. The molecule has 3 N–H and O–H groups in total. The normalized spacial score (nSPS) is 25.4. The minimum absolute atomic E-state index is 0.00283. The van der Waals surface area contributed by atoms with E-state index in [0.29, 0.717) is 12.5 Å². The van der Waals surface area contributed by atoms with Crippen LogP contribution in [0.25, 0.3) is 0 Å². The molecule has 2 rings (SSSR count). The molecule has 0 bridgehead atoms. The smallest absolute Gasteiger partial charge is 0.240 e. The van der Waals surface area contributed by atoms with Crippen molar-refractivity contribution in [3.63, 3.8) is 0 Å². The zero-order valence-electron chi connectivity index (χ0n) is 13.0. The van der Waals surface area contributed by atoms with E-state index in [1.165, 1.54) is 6.42 Å². The third-order valence-corrected chi connectivity index (χ3v) is 4.32. The summed E-state index contributed by atoms with van der Waals surface area (Å²) in [6.07, 6.45) is 4.59.